The van der Waals surface area contributed by atoms with Gasteiger partial charge < -0.3 is 18.9 Å². The zero-order chi connectivity index (χ0) is 14.8. The first-order valence-corrected chi connectivity index (χ1v) is 8.78. The van der Waals surface area contributed by atoms with Crippen molar-refractivity contribution in [3.05, 3.63) is 29.8 Å². The van der Waals surface area contributed by atoms with Crippen molar-refractivity contribution in [2.75, 3.05) is 0 Å². The Morgan fingerprint density at radius 3 is 2.09 bits per heavy atom. The predicted molar refractivity (Wildman–Crippen MR) is 76.4 cm³/mol. The van der Waals surface area contributed by atoms with Crippen LogP contribution in [0.25, 0.3) is 0 Å². The fraction of sp³-hybridized carbons (Fsp3) is 0.600. The van der Waals surface area contributed by atoms with Gasteiger partial charge in [0.1, 0.15) is 13.6 Å². The molecule has 0 aliphatic rings. The molecule has 0 bridgehead atoms. The Labute approximate surface area is 178 Å². The van der Waals surface area contributed by atoms with E-state index in [1.54, 1.807) is 6.07 Å². The van der Waals surface area contributed by atoms with Gasteiger partial charge in [0.15, 0.2) is 0 Å². The van der Waals surface area contributed by atoms with Crippen molar-refractivity contribution < 1.29 is 78.0 Å². The van der Waals surface area contributed by atoms with E-state index in [-0.39, 0.29) is 64.9 Å². The van der Waals surface area contributed by atoms with Crippen molar-refractivity contribution >= 4 is 7.82 Å². The molecule has 0 N–H and O–H groups in total. The van der Waals surface area contributed by atoms with Crippen LogP contribution in [0.4, 0.5) is 0 Å². The Kier molecular flexibility index (Phi) is 16.8. The van der Waals surface area contributed by atoms with Crippen LogP contribution in [-0.2, 0) is 11.0 Å². The maximum absolute atomic E-state index is 10.7. The molecule has 1 aromatic carbocycles. The third-order valence-corrected chi connectivity index (χ3v) is 3.65. The predicted octanol–water partition coefficient (Wildman–Crippen LogP) is -2.80. The first-order chi connectivity index (χ1) is 9.53. The number of hydrogen-bond donors (Lipinski definition) is 0. The molecule has 114 valence electrons. The summed E-state index contributed by atoms with van der Waals surface area (Å²) in [4.78, 5) is 21.4. The van der Waals surface area contributed by atoms with Gasteiger partial charge in [0.2, 0.25) is 0 Å². The van der Waals surface area contributed by atoms with Crippen LogP contribution in [0.3, 0.4) is 0 Å². The SMILES string of the molecule is CCCCCCCCCc1ccccc1OP(=O)([O-])[O-].[Na+].[Na+]. The first kappa shape index (κ1) is 25.4. The van der Waals surface area contributed by atoms with Crippen LogP contribution in [0, 0.1) is 0 Å². The number of unbranched alkanes of at least 4 members (excludes halogenated alkanes) is 6. The minimum Gasteiger partial charge on any atom is -0.780 e. The van der Waals surface area contributed by atoms with Crippen LogP contribution >= 0.6 is 7.82 Å². The summed E-state index contributed by atoms with van der Waals surface area (Å²) in [5.41, 5.74) is 0.785. The smallest absolute Gasteiger partial charge is 0.780 e. The number of benzene rings is 1. The summed E-state index contributed by atoms with van der Waals surface area (Å²) < 4.78 is 15.2. The van der Waals surface area contributed by atoms with Crippen molar-refractivity contribution in [1.82, 2.24) is 0 Å². The molecule has 7 heteroatoms. The third kappa shape index (κ3) is 12.6. The van der Waals surface area contributed by atoms with Crippen LogP contribution < -0.4 is 73.4 Å². The second-order valence-electron chi connectivity index (χ2n) is 5.02. The zero-order valence-electron chi connectivity index (χ0n) is 14.0. The van der Waals surface area contributed by atoms with Gasteiger partial charge in [-0.3, -0.25) is 0 Å². The van der Waals surface area contributed by atoms with Gasteiger partial charge in [-0.15, -0.1) is 0 Å². The van der Waals surface area contributed by atoms with E-state index in [2.05, 4.69) is 11.4 Å². The Morgan fingerprint density at radius 1 is 0.955 bits per heavy atom. The first-order valence-electron chi connectivity index (χ1n) is 7.32. The van der Waals surface area contributed by atoms with Crippen LogP contribution in [0.2, 0.25) is 0 Å². The Balaban J connectivity index is 0. The Hall–Kier alpha value is 1.17. The average molecular weight is 344 g/mol. The second-order valence-corrected chi connectivity index (χ2v) is 6.09. The van der Waals surface area contributed by atoms with Crippen molar-refractivity contribution in [1.29, 1.82) is 0 Å². The number of phosphoric acid groups is 1. The molecule has 0 heterocycles. The normalized spacial score (nSPS) is 10.5. The molecule has 1 aromatic rings. The van der Waals surface area contributed by atoms with E-state index in [0.717, 1.165) is 24.8 Å². The zero-order valence-corrected chi connectivity index (χ0v) is 18.9. The van der Waals surface area contributed by atoms with Gasteiger partial charge in [-0.25, -0.2) is 0 Å². The molecule has 22 heavy (non-hydrogen) atoms. The fourth-order valence-electron chi connectivity index (χ4n) is 2.19. The maximum Gasteiger partial charge on any atom is 1.00 e. The summed E-state index contributed by atoms with van der Waals surface area (Å²) in [5.74, 6) is 0.173. The number of hydrogen-bond acceptors (Lipinski definition) is 4. The molecule has 0 amide bonds. The molecule has 0 saturated carbocycles. The summed E-state index contributed by atoms with van der Waals surface area (Å²) in [6.07, 6.45) is 9.11. The molecular weight excluding hydrogens is 321 g/mol. The number of phosphoric ester groups is 1. The number of aryl methyl sites for hydroxylation is 1. The van der Waals surface area contributed by atoms with Gasteiger partial charge in [0, 0.05) is 0 Å². The van der Waals surface area contributed by atoms with Crippen molar-refractivity contribution in [2.24, 2.45) is 0 Å². The summed E-state index contributed by atoms with van der Waals surface area (Å²) in [6.45, 7) is 2.20. The van der Waals surface area contributed by atoms with Crippen LogP contribution in [0.15, 0.2) is 24.3 Å². The molecule has 0 unspecified atom stereocenters. The van der Waals surface area contributed by atoms with Gasteiger partial charge in [0.25, 0.3) is 0 Å². The molecular formula is C15H23Na2O4P. The molecule has 0 saturated heterocycles. The van der Waals surface area contributed by atoms with Crippen molar-refractivity contribution in [3.63, 3.8) is 0 Å². The van der Waals surface area contributed by atoms with Gasteiger partial charge in [0.05, 0.1) is 0 Å². The standard InChI is InChI=1S/C15H25O4P.2Na/c1-2-3-4-5-6-7-8-11-14-12-9-10-13-15(14)19-20(16,17)18;;/h9-10,12-13H,2-8,11H2,1H3,(H2,16,17,18);;/q;2*+1/p-2. The molecule has 4 nitrogen and oxygen atoms in total. The molecule has 0 spiro atoms. The van der Waals surface area contributed by atoms with E-state index in [9.17, 15) is 14.4 Å². The monoisotopic (exact) mass is 344 g/mol. The third-order valence-electron chi connectivity index (χ3n) is 3.23. The molecule has 0 aliphatic heterocycles. The van der Waals surface area contributed by atoms with Gasteiger partial charge in [-0.2, -0.15) is 0 Å². The minimum atomic E-state index is -4.97. The Bertz CT molecular complexity index is 437. The van der Waals surface area contributed by atoms with E-state index in [1.807, 2.05) is 12.1 Å². The summed E-state index contributed by atoms with van der Waals surface area (Å²) in [7, 11) is -4.97. The van der Waals surface area contributed by atoms with E-state index in [4.69, 9.17) is 0 Å². The molecule has 0 fully saturated rings. The van der Waals surface area contributed by atoms with Crippen LogP contribution in [-0.4, -0.2) is 0 Å². The number of para-hydroxylation sites is 1. The summed E-state index contributed by atoms with van der Waals surface area (Å²) in [6, 6.07) is 6.82. The van der Waals surface area contributed by atoms with E-state index in [0.29, 0.717) is 0 Å². The molecule has 1 rings (SSSR count). The van der Waals surface area contributed by atoms with E-state index in [1.165, 1.54) is 38.2 Å². The molecule has 0 aromatic heterocycles. The quantitative estimate of drug-likeness (QED) is 0.261. The Morgan fingerprint density at radius 2 is 1.50 bits per heavy atom. The topological polar surface area (TPSA) is 72.4 Å². The van der Waals surface area contributed by atoms with Gasteiger partial charge in [-0.05, 0) is 24.5 Å². The van der Waals surface area contributed by atoms with Crippen LogP contribution in [0.5, 0.6) is 5.75 Å². The van der Waals surface area contributed by atoms with Crippen molar-refractivity contribution in [2.45, 2.75) is 58.3 Å². The summed E-state index contributed by atoms with van der Waals surface area (Å²) >= 11 is 0. The maximum atomic E-state index is 10.7. The molecule has 0 atom stereocenters. The average Bonchev–Trinajstić information content (AvgIpc) is 2.38. The van der Waals surface area contributed by atoms with E-state index < -0.39 is 7.82 Å². The second kappa shape index (κ2) is 14.5. The fourth-order valence-corrected chi connectivity index (χ4v) is 2.61. The molecule has 0 aliphatic carbocycles. The van der Waals surface area contributed by atoms with Crippen molar-refractivity contribution in [3.8, 4) is 5.75 Å². The molecule has 0 radical (unpaired) electrons. The van der Waals surface area contributed by atoms with E-state index >= 15 is 0 Å². The van der Waals surface area contributed by atoms with Gasteiger partial charge in [-0.1, -0.05) is 63.6 Å². The van der Waals surface area contributed by atoms with Gasteiger partial charge >= 0.3 is 59.1 Å². The number of rotatable bonds is 10. The van der Waals surface area contributed by atoms with Crippen LogP contribution in [0.1, 0.15) is 57.4 Å². The largest absolute Gasteiger partial charge is 1.00 e. The minimum absolute atomic E-state index is 0. The summed E-state index contributed by atoms with van der Waals surface area (Å²) in [5, 5.41) is 0.